The van der Waals surface area contributed by atoms with Crippen LogP contribution in [0.4, 0.5) is 4.79 Å². The Labute approximate surface area is 122 Å². The smallest absolute Gasteiger partial charge is 0.414 e. The van der Waals surface area contributed by atoms with E-state index in [0.717, 1.165) is 10.6 Å². The highest BCUT2D eigenvalue weighted by atomic mass is 79.9. The monoisotopic (exact) mass is 336 g/mol. The zero-order valence-electron chi connectivity index (χ0n) is 10.2. The minimum Gasteiger partial charge on any atom is -0.465 e. The van der Waals surface area contributed by atoms with Crippen LogP contribution in [0.15, 0.2) is 29.1 Å². The first kappa shape index (κ1) is 12.8. The molecule has 2 aromatic rings. The molecular formula is C12H9BrN4O3. The van der Waals surface area contributed by atoms with Gasteiger partial charge in [-0.2, -0.15) is 5.10 Å². The Morgan fingerprint density at radius 2 is 2.25 bits per heavy atom. The molecule has 1 aliphatic heterocycles. The molecule has 2 amide bonds. The number of rotatable bonds is 1. The predicted octanol–water partition coefficient (Wildman–Crippen LogP) is 1.71. The summed E-state index contributed by atoms with van der Waals surface area (Å²) < 4.78 is 2.30. The number of nitrogens with zero attached hydrogens (tertiary/aromatic N) is 4. The van der Waals surface area contributed by atoms with Gasteiger partial charge in [0.05, 0.1) is 23.1 Å². The van der Waals surface area contributed by atoms with Gasteiger partial charge in [0.1, 0.15) is 4.60 Å². The van der Waals surface area contributed by atoms with E-state index >= 15 is 0 Å². The second kappa shape index (κ2) is 4.71. The summed E-state index contributed by atoms with van der Waals surface area (Å²) in [6.07, 6.45) is 2.23. The van der Waals surface area contributed by atoms with Gasteiger partial charge in [0, 0.05) is 19.2 Å². The number of amides is 2. The summed E-state index contributed by atoms with van der Waals surface area (Å²) >= 11 is 3.28. The first-order valence-electron chi connectivity index (χ1n) is 5.81. The van der Waals surface area contributed by atoms with Crippen LogP contribution in [0.2, 0.25) is 0 Å². The van der Waals surface area contributed by atoms with Crippen LogP contribution in [-0.4, -0.2) is 43.3 Å². The molecule has 20 heavy (non-hydrogen) atoms. The summed E-state index contributed by atoms with van der Waals surface area (Å²) in [6.45, 7) is 0.138. The van der Waals surface area contributed by atoms with Crippen LogP contribution >= 0.6 is 15.9 Å². The van der Waals surface area contributed by atoms with Crippen LogP contribution in [-0.2, 0) is 6.42 Å². The van der Waals surface area contributed by atoms with E-state index in [2.05, 4.69) is 26.0 Å². The molecule has 0 saturated heterocycles. The van der Waals surface area contributed by atoms with Crippen LogP contribution in [0.3, 0.4) is 0 Å². The maximum absolute atomic E-state index is 12.0. The van der Waals surface area contributed by atoms with Crippen molar-refractivity contribution in [3.8, 4) is 5.69 Å². The third-order valence-electron chi connectivity index (χ3n) is 3.10. The first-order chi connectivity index (χ1) is 9.58. The number of carbonyl (C=O) groups excluding carboxylic acids is 1. The van der Waals surface area contributed by atoms with E-state index in [1.54, 1.807) is 23.0 Å². The molecule has 0 radical (unpaired) electrons. The maximum Gasteiger partial charge on any atom is 0.414 e. The van der Waals surface area contributed by atoms with Gasteiger partial charge in [-0.15, -0.1) is 0 Å². The minimum atomic E-state index is -1.24. The number of aromatic nitrogens is 3. The van der Waals surface area contributed by atoms with Crippen molar-refractivity contribution in [3.63, 3.8) is 0 Å². The fraction of sp³-hybridized carbons (Fsp3) is 0.167. The van der Waals surface area contributed by atoms with Crippen molar-refractivity contribution in [3.05, 3.63) is 40.4 Å². The van der Waals surface area contributed by atoms with Gasteiger partial charge in [0.2, 0.25) is 0 Å². The highest BCUT2D eigenvalue weighted by molar-refractivity contribution is 9.10. The van der Waals surface area contributed by atoms with Crippen molar-refractivity contribution in [2.24, 2.45) is 0 Å². The zero-order valence-corrected chi connectivity index (χ0v) is 11.7. The Balaban J connectivity index is 2.05. The number of carboxylic acid groups (broad SMARTS) is 1. The van der Waals surface area contributed by atoms with Crippen LogP contribution in [0.25, 0.3) is 5.69 Å². The van der Waals surface area contributed by atoms with Gasteiger partial charge in [0.15, 0.2) is 0 Å². The second-order valence-electron chi connectivity index (χ2n) is 4.24. The molecule has 3 rings (SSSR count). The fourth-order valence-electron chi connectivity index (χ4n) is 2.19. The summed E-state index contributed by atoms with van der Waals surface area (Å²) in [5.74, 6) is -0.530. The van der Waals surface area contributed by atoms with Crippen molar-refractivity contribution < 1.29 is 14.7 Å². The van der Waals surface area contributed by atoms with Crippen LogP contribution < -0.4 is 0 Å². The van der Waals surface area contributed by atoms with Crippen LogP contribution in [0.1, 0.15) is 16.1 Å². The van der Waals surface area contributed by atoms with E-state index in [9.17, 15) is 9.59 Å². The lowest BCUT2D eigenvalue weighted by atomic mass is 10.1. The van der Waals surface area contributed by atoms with Crippen LogP contribution in [0.5, 0.6) is 0 Å². The van der Waals surface area contributed by atoms with E-state index in [-0.39, 0.29) is 6.54 Å². The molecule has 1 aliphatic rings. The molecule has 0 spiro atoms. The third kappa shape index (κ3) is 1.97. The quantitative estimate of drug-likeness (QED) is 0.801. The summed E-state index contributed by atoms with van der Waals surface area (Å²) in [5, 5.41) is 13.1. The van der Waals surface area contributed by atoms with Crippen molar-refractivity contribution in [2.45, 2.75) is 6.42 Å². The van der Waals surface area contributed by atoms with Gasteiger partial charge in [-0.05, 0) is 28.1 Å². The lowest BCUT2D eigenvalue weighted by Gasteiger charge is -2.22. The van der Waals surface area contributed by atoms with Crippen molar-refractivity contribution in [2.75, 3.05) is 6.54 Å². The molecule has 0 unspecified atom stereocenters. The van der Waals surface area contributed by atoms with Crippen LogP contribution in [0, 0.1) is 0 Å². The maximum atomic E-state index is 12.0. The average molecular weight is 337 g/mol. The molecule has 0 atom stereocenters. The lowest BCUT2D eigenvalue weighted by Crippen LogP contribution is -2.41. The molecule has 102 valence electrons. The van der Waals surface area contributed by atoms with E-state index in [0.29, 0.717) is 22.3 Å². The first-order valence-corrected chi connectivity index (χ1v) is 6.61. The number of fused-ring (bicyclic) bond motifs is 1. The predicted molar refractivity (Wildman–Crippen MR) is 71.8 cm³/mol. The zero-order chi connectivity index (χ0) is 14.3. The molecule has 7 nitrogen and oxygen atoms in total. The summed E-state index contributed by atoms with van der Waals surface area (Å²) in [7, 11) is 0. The lowest BCUT2D eigenvalue weighted by molar-refractivity contribution is 0.0726. The number of hydrogen-bond donors (Lipinski definition) is 1. The number of carbonyl (C=O) groups is 2. The molecular weight excluding hydrogens is 328 g/mol. The average Bonchev–Trinajstić information content (AvgIpc) is 2.83. The van der Waals surface area contributed by atoms with E-state index in [4.69, 9.17) is 5.11 Å². The molecule has 3 heterocycles. The number of imide groups is 1. The molecule has 0 aliphatic carbocycles. The Morgan fingerprint density at radius 3 is 2.95 bits per heavy atom. The van der Waals surface area contributed by atoms with Gasteiger partial charge in [-0.25, -0.2) is 19.4 Å². The van der Waals surface area contributed by atoms with Gasteiger partial charge >= 0.3 is 6.09 Å². The highest BCUT2D eigenvalue weighted by Gasteiger charge is 2.32. The molecule has 2 aromatic heterocycles. The highest BCUT2D eigenvalue weighted by Crippen LogP contribution is 2.22. The summed E-state index contributed by atoms with van der Waals surface area (Å²) in [4.78, 5) is 27.8. The van der Waals surface area contributed by atoms with Gasteiger partial charge in [0.25, 0.3) is 5.91 Å². The number of hydrogen-bond acceptors (Lipinski definition) is 4. The van der Waals surface area contributed by atoms with E-state index in [1.807, 2.05) is 0 Å². The van der Waals surface area contributed by atoms with Crippen molar-refractivity contribution in [1.29, 1.82) is 0 Å². The normalized spacial score (nSPS) is 14.2. The fourth-order valence-corrected chi connectivity index (χ4v) is 2.54. The SMILES string of the molecule is O=C(O)N1CCc2c(cnn2-c2ccnc(Br)c2)C1=O. The molecule has 1 N–H and O–H groups in total. The molecule has 0 fully saturated rings. The molecule has 0 bridgehead atoms. The van der Waals surface area contributed by atoms with E-state index < -0.39 is 12.0 Å². The number of pyridine rings is 1. The Morgan fingerprint density at radius 1 is 1.45 bits per heavy atom. The third-order valence-corrected chi connectivity index (χ3v) is 3.54. The molecule has 8 heteroatoms. The van der Waals surface area contributed by atoms with Gasteiger partial charge in [-0.3, -0.25) is 4.79 Å². The summed E-state index contributed by atoms with van der Waals surface area (Å²) in [6, 6.07) is 3.55. The largest absolute Gasteiger partial charge is 0.465 e. The minimum absolute atomic E-state index is 0.138. The van der Waals surface area contributed by atoms with E-state index in [1.165, 1.54) is 6.20 Å². The molecule has 0 aromatic carbocycles. The number of halogens is 1. The van der Waals surface area contributed by atoms with Crippen molar-refractivity contribution in [1.82, 2.24) is 19.7 Å². The standard InChI is InChI=1S/C12H9BrN4O3/c13-10-5-7(1-3-14-10)17-9-2-4-16(12(19)20)11(18)8(9)6-15-17/h1,3,5-6H,2,4H2,(H,19,20). The topological polar surface area (TPSA) is 88.3 Å². The Kier molecular flexibility index (Phi) is 3.01. The summed E-state index contributed by atoms with van der Waals surface area (Å²) in [5.41, 5.74) is 1.81. The van der Waals surface area contributed by atoms with Crippen molar-refractivity contribution >= 4 is 27.9 Å². The Bertz CT molecular complexity index is 712. The second-order valence-corrected chi connectivity index (χ2v) is 5.06. The van der Waals surface area contributed by atoms with Gasteiger partial charge < -0.3 is 5.11 Å². The Hall–Kier alpha value is -2.22. The van der Waals surface area contributed by atoms with Gasteiger partial charge in [-0.1, -0.05) is 0 Å². The molecule has 0 saturated carbocycles.